The summed E-state index contributed by atoms with van der Waals surface area (Å²) in [5.74, 6) is 1.55. The summed E-state index contributed by atoms with van der Waals surface area (Å²) in [6.45, 7) is 4.93. The van der Waals surface area contributed by atoms with E-state index in [4.69, 9.17) is 16.3 Å². The predicted molar refractivity (Wildman–Crippen MR) is 117 cm³/mol. The van der Waals surface area contributed by atoms with Gasteiger partial charge in [0.15, 0.2) is 0 Å². The Labute approximate surface area is 175 Å². The minimum Gasteiger partial charge on any atom is -0.378 e. The van der Waals surface area contributed by atoms with Crippen LogP contribution in [0.5, 0.6) is 0 Å². The quantitative estimate of drug-likeness (QED) is 0.623. The molecule has 8 heteroatoms. The highest BCUT2D eigenvalue weighted by atomic mass is 35.5. The molecule has 0 saturated carbocycles. The lowest BCUT2D eigenvalue weighted by atomic mass is 10.1. The van der Waals surface area contributed by atoms with Gasteiger partial charge in [0, 0.05) is 29.5 Å². The Morgan fingerprint density at radius 2 is 1.62 bits per heavy atom. The van der Waals surface area contributed by atoms with Crippen LogP contribution in [0.2, 0.25) is 5.02 Å². The lowest BCUT2D eigenvalue weighted by Crippen LogP contribution is -2.37. The zero-order chi connectivity index (χ0) is 20.1. The summed E-state index contributed by atoms with van der Waals surface area (Å²) in [5.41, 5.74) is 3.02. The molecule has 0 spiro atoms. The molecule has 2 heterocycles. The number of aromatic nitrogens is 3. The lowest BCUT2D eigenvalue weighted by Gasteiger charge is -2.27. The highest BCUT2D eigenvalue weighted by molar-refractivity contribution is 6.30. The van der Waals surface area contributed by atoms with Crippen molar-refractivity contribution in [2.75, 3.05) is 41.8 Å². The van der Waals surface area contributed by atoms with Crippen LogP contribution in [-0.2, 0) is 11.2 Å². The van der Waals surface area contributed by atoms with Crippen LogP contribution in [0.15, 0.2) is 48.5 Å². The Hall–Kier alpha value is -2.90. The van der Waals surface area contributed by atoms with Gasteiger partial charge in [-0.3, -0.25) is 0 Å². The van der Waals surface area contributed by atoms with Crippen molar-refractivity contribution in [3.05, 3.63) is 59.1 Å². The summed E-state index contributed by atoms with van der Waals surface area (Å²) in [4.78, 5) is 15.9. The van der Waals surface area contributed by atoms with Gasteiger partial charge < -0.3 is 20.3 Å². The SMILES string of the molecule is CCc1ccc(Nc2nc(Nc3cccc(Cl)c3)nc(N3CCOCC3)n2)cc1. The van der Waals surface area contributed by atoms with Crippen molar-refractivity contribution >= 4 is 40.8 Å². The van der Waals surface area contributed by atoms with Crippen molar-refractivity contribution in [1.29, 1.82) is 0 Å². The molecule has 2 aromatic carbocycles. The molecule has 0 bridgehead atoms. The molecule has 1 aliphatic rings. The molecule has 0 aliphatic carbocycles. The number of nitrogens with one attached hydrogen (secondary N) is 2. The smallest absolute Gasteiger partial charge is 0.233 e. The number of aryl methyl sites for hydroxylation is 1. The fourth-order valence-electron chi connectivity index (χ4n) is 3.03. The molecule has 0 unspecified atom stereocenters. The van der Waals surface area contributed by atoms with Gasteiger partial charge in [-0.25, -0.2) is 0 Å². The maximum Gasteiger partial charge on any atom is 0.233 e. The molecule has 1 aliphatic heterocycles. The monoisotopic (exact) mass is 410 g/mol. The van der Waals surface area contributed by atoms with Crippen LogP contribution in [0.3, 0.4) is 0 Å². The standard InChI is InChI=1S/C21H23ClN6O/c1-2-15-6-8-17(9-7-15)23-19-25-20(24-18-5-3-4-16(22)14-18)27-21(26-19)28-10-12-29-13-11-28/h3-9,14H,2,10-13H2,1H3,(H2,23,24,25,26,27). The summed E-state index contributed by atoms with van der Waals surface area (Å²) in [5, 5.41) is 7.16. The highest BCUT2D eigenvalue weighted by Gasteiger charge is 2.17. The highest BCUT2D eigenvalue weighted by Crippen LogP contribution is 2.22. The third-order valence-corrected chi connectivity index (χ3v) is 4.85. The number of hydrogen-bond acceptors (Lipinski definition) is 7. The van der Waals surface area contributed by atoms with Gasteiger partial charge >= 0.3 is 0 Å². The van der Waals surface area contributed by atoms with Gasteiger partial charge in [-0.15, -0.1) is 0 Å². The lowest BCUT2D eigenvalue weighted by molar-refractivity contribution is 0.122. The molecule has 29 heavy (non-hydrogen) atoms. The first-order chi connectivity index (χ1) is 14.2. The third-order valence-electron chi connectivity index (χ3n) is 4.62. The minimum absolute atomic E-state index is 0.455. The molecular formula is C21H23ClN6O. The van der Waals surface area contributed by atoms with Crippen molar-refractivity contribution < 1.29 is 4.74 Å². The summed E-state index contributed by atoms with van der Waals surface area (Å²) in [6.07, 6.45) is 1.00. The molecule has 3 aromatic rings. The molecule has 1 aromatic heterocycles. The summed E-state index contributed by atoms with van der Waals surface area (Å²) in [6, 6.07) is 15.7. The fraction of sp³-hybridized carbons (Fsp3) is 0.286. The van der Waals surface area contributed by atoms with Crippen LogP contribution >= 0.6 is 11.6 Å². The van der Waals surface area contributed by atoms with Crippen LogP contribution in [0, 0.1) is 0 Å². The van der Waals surface area contributed by atoms with Crippen LogP contribution in [0.25, 0.3) is 0 Å². The molecule has 1 fully saturated rings. The van der Waals surface area contributed by atoms with Crippen LogP contribution in [0.4, 0.5) is 29.2 Å². The van der Waals surface area contributed by atoms with Crippen molar-refractivity contribution in [2.24, 2.45) is 0 Å². The number of ether oxygens (including phenoxy) is 1. The molecule has 150 valence electrons. The van der Waals surface area contributed by atoms with E-state index in [1.165, 1.54) is 5.56 Å². The first-order valence-electron chi connectivity index (χ1n) is 9.67. The van der Waals surface area contributed by atoms with Gasteiger partial charge in [0.25, 0.3) is 0 Å². The van der Waals surface area contributed by atoms with E-state index in [0.29, 0.717) is 36.1 Å². The predicted octanol–water partition coefficient (Wildman–Crippen LogP) is 4.41. The van der Waals surface area contributed by atoms with Gasteiger partial charge in [0.1, 0.15) is 0 Å². The summed E-state index contributed by atoms with van der Waals surface area (Å²) < 4.78 is 5.45. The molecule has 0 radical (unpaired) electrons. The number of rotatable bonds is 6. The number of anilines is 5. The number of benzene rings is 2. The fourth-order valence-corrected chi connectivity index (χ4v) is 3.22. The van der Waals surface area contributed by atoms with Crippen LogP contribution < -0.4 is 15.5 Å². The van der Waals surface area contributed by atoms with E-state index in [1.807, 2.05) is 36.4 Å². The maximum absolute atomic E-state index is 6.10. The topological polar surface area (TPSA) is 75.2 Å². The third kappa shape index (κ3) is 5.13. The van der Waals surface area contributed by atoms with Gasteiger partial charge in [-0.05, 0) is 42.3 Å². The molecule has 2 N–H and O–H groups in total. The normalized spacial score (nSPS) is 13.9. The van der Waals surface area contributed by atoms with Crippen molar-refractivity contribution in [3.63, 3.8) is 0 Å². The van der Waals surface area contributed by atoms with E-state index in [2.05, 4.69) is 49.5 Å². The van der Waals surface area contributed by atoms with Crippen molar-refractivity contribution in [3.8, 4) is 0 Å². The Morgan fingerprint density at radius 1 is 0.931 bits per heavy atom. The Morgan fingerprint density at radius 3 is 2.28 bits per heavy atom. The van der Waals surface area contributed by atoms with Crippen LogP contribution in [-0.4, -0.2) is 41.3 Å². The van der Waals surface area contributed by atoms with Gasteiger partial charge in [0.05, 0.1) is 13.2 Å². The Balaban J connectivity index is 1.63. The number of nitrogens with zero attached hydrogens (tertiary/aromatic N) is 4. The summed E-state index contributed by atoms with van der Waals surface area (Å²) >= 11 is 6.10. The first-order valence-corrected chi connectivity index (χ1v) is 10.0. The molecule has 7 nitrogen and oxygen atoms in total. The van der Waals surface area contributed by atoms with E-state index in [-0.39, 0.29) is 0 Å². The Bertz CT molecular complexity index is 960. The average molecular weight is 411 g/mol. The second-order valence-electron chi connectivity index (χ2n) is 6.69. The second-order valence-corrected chi connectivity index (χ2v) is 7.13. The number of morpholine rings is 1. The van der Waals surface area contributed by atoms with Gasteiger partial charge in [0.2, 0.25) is 17.8 Å². The average Bonchev–Trinajstić information content (AvgIpc) is 2.75. The maximum atomic E-state index is 6.10. The molecular weight excluding hydrogens is 388 g/mol. The van der Waals surface area contributed by atoms with E-state index in [0.717, 1.165) is 30.9 Å². The summed E-state index contributed by atoms with van der Waals surface area (Å²) in [7, 11) is 0. The zero-order valence-corrected chi connectivity index (χ0v) is 17.0. The molecule has 0 atom stereocenters. The van der Waals surface area contributed by atoms with Gasteiger partial charge in [-0.2, -0.15) is 15.0 Å². The second kappa shape index (κ2) is 9.07. The largest absolute Gasteiger partial charge is 0.378 e. The van der Waals surface area contributed by atoms with E-state index < -0.39 is 0 Å². The van der Waals surface area contributed by atoms with E-state index in [9.17, 15) is 0 Å². The van der Waals surface area contributed by atoms with E-state index in [1.54, 1.807) is 0 Å². The number of hydrogen-bond donors (Lipinski definition) is 2. The zero-order valence-electron chi connectivity index (χ0n) is 16.2. The Kier molecular flexibility index (Phi) is 6.07. The van der Waals surface area contributed by atoms with Crippen molar-refractivity contribution in [2.45, 2.75) is 13.3 Å². The van der Waals surface area contributed by atoms with Gasteiger partial charge in [-0.1, -0.05) is 36.7 Å². The van der Waals surface area contributed by atoms with Crippen LogP contribution in [0.1, 0.15) is 12.5 Å². The van der Waals surface area contributed by atoms with E-state index >= 15 is 0 Å². The molecule has 4 rings (SSSR count). The number of halogens is 1. The molecule has 1 saturated heterocycles. The first kappa shape index (κ1) is 19.4. The minimum atomic E-state index is 0.455. The van der Waals surface area contributed by atoms with Crippen molar-refractivity contribution in [1.82, 2.24) is 15.0 Å². The molecule has 0 amide bonds.